The maximum Gasteiger partial charge on any atom is 0.316 e. The first-order valence-electron chi connectivity index (χ1n) is 11.2. The first-order chi connectivity index (χ1) is 15.4. The number of fused-ring (bicyclic) bond motifs is 5. The Morgan fingerprint density at radius 2 is 1.88 bits per heavy atom. The number of piperidine rings is 1. The minimum Gasteiger partial charge on any atom is -0.462 e. The molecule has 5 unspecified atom stereocenters. The second kappa shape index (κ2) is 9.56. The highest BCUT2D eigenvalue weighted by atomic mass is 16.6. The minimum atomic E-state index is -0.593. The topological polar surface area (TPSA) is 126 Å². The van der Waals surface area contributed by atoms with Crippen molar-refractivity contribution in [2.75, 3.05) is 26.7 Å². The lowest BCUT2D eigenvalue weighted by atomic mass is 9.97. The van der Waals surface area contributed by atoms with Crippen LogP contribution in [0.3, 0.4) is 0 Å². The van der Waals surface area contributed by atoms with Gasteiger partial charge in [-0.3, -0.25) is 19.3 Å². The van der Waals surface area contributed by atoms with E-state index in [1.165, 1.54) is 4.90 Å². The number of carbonyl (C=O) groups is 3. The van der Waals surface area contributed by atoms with Crippen LogP contribution in [0.2, 0.25) is 0 Å². The largest absolute Gasteiger partial charge is 0.462 e. The molecule has 0 saturated carbocycles. The average Bonchev–Trinajstić information content (AvgIpc) is 3.42. The van der Waals surface area contributed by atoms with Gasteiger partial charge in [-0.1, -0.05) is 30.3 Å². The molecule has 9 heteroatoms. The molecule has 0 radical (unpaired) electrons. The number of morpholine rings is 1. The number of likely N-dealkylation sites (tertiary alicyclic amines) is 1. The van der Waals surface area contributed by atoms with E-state index < -0.39 is 11.8 Å². The maximum atomic E-state index is 12.4. The lowest BCUT2D eigenvalue weighted by molar-refractivity contribution is -0.156. The van der Waals surface area contributed by atoms with E-state index in [9.17, 15) is 19.5 Å². The normalized spacial score (nSPS) is 31.4. The van der Waals surface area contributed by atoms with Crippen molar-refractivity contribution in [1.82, 2.24) is 9.80 Å². The summed E-state index contributed by atoms with van der Waals surface area (Å²) >= 11 is 0. The lowest BCUT2D eigenvalue weighted by Crippen LogP contribution is -2.48. The molecule has 4 aliphatic rings. The number of benzene rings is 1. The molecule has 0 spiro atoms. The second-order valence-electron chi connectivity index (χ2n) is 8.93. The molecule has 1 aromatic carbocycles. The molecular formula is C23H31N3O6. The number of likely N-dealkylation sites (N-methyl/N-ethyl adjacent to an activating group) is 1. The highest BCUT2D eigenvalue weighted by Gasteiger charge is 2.62. The Balaban J connectivity index is 0.000000207. The summed E-state index contributed by atoms with van der Waals surface area (Å²) in [4.78, 5) is 37.4. The fourth-order valence-electron chi connectivity index (χ4n) is 5.10. The molecule has 32 heavy (non-hydrogen) atoms. The zero-order chi connectivity index (χ0) is 22.8. The van der Waals surface area contributed by atoms with Crippen molar-refractivity contribution in [2.24, 2.45) is 5.73 Å². The van der Waals surface area contributed by atoms with Crippen LogP contribution in [0.5, 0.6) is 0 Å². The third-order valence-electron chi connectivity index (χ3n) is 6.84. The third-order valence-corrected chi connectivity index (χ3v) is 6.84. The summed E-state index contributed by atoms with van der Waals surface area (Å²) in [5.41, 5.74) is 5.70. The molecule has 4 heterocycles. The summed E-state index contributed by atoms with van der Waals surface area (Å²) in [7, 11) is 2.13. The highest BCUT2D eigenvalue weighted by molar-refractivity contribution is 5.84. The molecular weight excluding hydrogens is 414 g/mol. The molecule has 5 rings (SSSR count). The molecule has 0 aromatic heterocycles. The van der Waals surface area contributed by atoms with E-state index in [4.69, 9.17) is 15.2 Å². The van der Waals surface area contributed by atoms with Crippen LogP contribution in [-0.4, -0.2) is 89.8 Å². The van der Waals surface area contributed by atoms with E-state index >= 15 is 0 Å². The van der Waals surface area contributed by atoms with E-state index in [2.05, 4.69) is 11.9 Å². The van der Waals surface area contributed by atoms with Gasteiger partial charge >= 0.3 is 5.97 Å². The Morgan fingerprint density at radius 3 is 2.41 bits per heavy atom. The van der Waals surface area contributed by atoms with Gasteiger partial charge in [-0.15, -0.1) is 0 Å². The third kappa shape index (κ3) is 4.79. The number of aliphatic hydroxyl groups is 1. The van der Waals surface area contributed by atoms with Gasteiger partial charge in [0.2, 0.25) is 11.8 Å². The van der Waals surface area contributed by atoms with Gasteiger partial charge in [0, 0.05) is 37.9 Å². The van der Waals surface area contributed by atoms with Crippen LogP contribution in [0.4, 0.5) is 0 Å². The number of rotatable bonds is 6. The van der Waals surface area contributed by atoms with Gasteiger partial charge < -0.3 is 25.2 Å². The maximum absolute atomic E-state index is 12.4. The van der Waals surface area contributed by atoms with Crippen LogP contribution in [0.15, 0.2) is 30.3 Å². The van der Waals surface area contributed by atoms with E-state index in [0.29, 0.717) is 37.3 Å². The summed E-state index contributed by atoms with van der Waals surface area (Å²) in [6.45, 7) is 0.539. The Morgan fingerprint density at radius 1 is 1.22 bits per heavy atom. The minimum absolute atomic E-state index is 0.0406. The fourth-order valence-corrected chi connectivity index (χ4v) is 5.10. The van der Waals surface area contributed by atoms with Gasteiger partial charge in [0.1, 0.15) is 24.2 Å². The molecule has 4 saturated heterocycles. The van der Waals surface area contributed by atoms with Crippen molar-refractivity contribution in [1.29, 1.82) is 0 Å². The number of nitrogens with zero attached hydrogens (tertiary/aromatic N) is 2. The van der Waals surface area contributed by atoms with Gasteiger partial charge in [0.15, 0.2) is 0 Å². The van der Waals surface area contributed by atoms with E-state index in [-0.39, 0.29) is 31.1 Å². The highest BCUT2D eigenvalue weighted by Crippen LogP contribution is 2.48. The average molecular weight is 446 g/mol. The zero-order valence-electron chi connectivity index (χ0n) is 18.3. The molecule has 1 aromatic rings. The number of esters is 1. The van der Waals surface area contributed by atoms with E-state index in [1.807, 2.05) is 30.3 Å². The quantitative estimate of drug-likeness (QED) is 0.467. The first kappa shape index (κ1) is 22.7. The SMILES string of the molecule is CN1C2CC(OC(=O)C(CO)c3ccccc3)CC1C1OC12.NC(=O)CN1CCCC1=O. The van der Waals surface area contributed by atoms with Crippen LogP contribution in [0.1, 0.15) is 37.2 Å². The van der Waals surface area contributed by atoms with Crippen LogP contribution >= 0.6 is 0 Å². The summed E-state index contributed by atoms with van der Waals surface area (Å²) in [6, 6.07) is 10.1. The number of amides is 2. The number of hydrogen-bond donors (Lipinski definition) is 2. The standard InChI is InChI=1S/C17H21NO4.C6H10N2O2/c1-18-13-7-11(8-14(18)16-15(13)22-16)21-17(20)12(9-19)10-5-3-2-4-6-10;7-5(9)4-8-3-1-2-6(8)10/h2-6,11-16,19H,7-9H2,1H3;1-4H2,(H2,7,9). The van der Waals surface area contributed by atoms with Crippen LogP contribution in [0.25, 0.3) is 0 Å². The van der Waals surface area contributed by atoms with Gasteiger partial charge in [-0.05, 0) is 19.0 Å². The molecule has 174 valence electrons. The van der Waals surface area contributed by atoms with Crippen molar-refractivity contribution in [3.05, 3.63) is 35.9 Å². The number of carbonyl (C=O) groups excluding carboxylic acids is 3. The molecule has 0 aliphatic carbocycles. The van der Waals surface area contributed by atoms with E-state index in [1.54, 1.807) is 0 Å². The lowest BCUT2D eigenvalue weighted by Gasteiger charge is -2.38. The van der Waals surface area contributed by atoms with Gasteiger partial charge in [0.25, 0.3) is 0 Å². The molecule has 5 atom stereocenters. The number of primary amides is 1. The molecule has 4 aliphatic heterocycles. The Bertz CT molecular complexity index is 831. The summed E-state index contributed by atoms with van der Waals surface area (Å²) in [5.74, 6) is -1.31. The Kier molecular flexibility index (Phi) is 6.78. The molecule has 2 bridgehead atoms. The number of epoxide rings is 1. The van der Waals surface area contributed by atoms with Crippen LogP contribution < -0.4 is 5.73 Å². The fraction of sp³-hybridized carbons (Fsp3) is 0.609. The number of nitrogens with two attached hydrogens (primary N) is 1. The smallest absolute Gasteiger partial charge is 0.316 e. The second-order valence-corrected chi connectivity index (χ2v) is 8.93. The van der Waals surface area contributed by atoms with Gasteiger partial charge in [-0.2, -0.15) is 0 Å². The van der Waals surface area contributed by atoms with Crippen molar-refractivity contribution >= 4 is 17.8 Å². The van der Waals surface area contributed by atoms with Crippen molar-refractivity contribution in [3.63, 3.8) is 0 Å². The van der Waals surface area contributed by atoms with E-state index in [0.717, 1.165) is 24.8 Å². The van der Waals surface area contributed by atoms with Gasteiger partial charge in [0.05, 0.1) is 13.2 Å². The number of hydrogen-bond acceptors (Lipinski definition) is 7. The Hall–Kier alpha value is -2.49. The Labute approximate surface area is 187 Å². The molecule has 3 N–H and O–H groups in total. The van der Waals surface area contributed by atoms with Crippen molar-refractivity contribution in [3.8, 4) is 0 Å². The molecule has 9 nitrogen and oxygen atoms in total. The number of ether oxygens (including phenoxy) is 2. The monoisotopic (exact) mass is 445 g/mol. The first-order valence-corrected chi connectivity index (χ1v) is 11.2. The summed E-state index contributed by atoms with van der Waals surface area (Å²) in [6.07, 6.45) is 3.68. The van der Waals surface area contributed by atoms with Crippen LogP contribution in [0, 0.1) is 0 Å². The predicted octanol–water partition coefficient (Wildman–Crippen LogP) is 0.0122. The zero-order valence-corrected chi connectivity index (χ0v) is 18.3. The van der Waals surface area contributed by atoms with Crippen molar-refractivity contribution < 1.29 is 29.0 Å². The summed E-state index contributed by atoms with van der Waals surface area (Å²) in [5, 5.41) is 9.56. The van der Waals surface area contributed by atoms with Gasteiger partial charge in [-0.25, -0.2) is 0 Å². The summed E-state index contributed by atoms with van der Waals surface area (Å²) < 4.78 is 11.4. The predicted molar refractivity (Wildman–Crippen MR) is 114 cm³/mol. The molecule has 4 fully saturated rings. The van der Waals surface area contributed by atoms with Crippen molar-refractivity contribution in [2.45, 2.75) is 62.0 Å². The van der Waals surface area contributed by atoms with Crippen LogP contribution in [-0.2, 0) is 23.9 Å². The number of aliphatic hydroxyl groups excluding tert-OH is 1. The molecule has 2 amide bonds.